The van der Waals surface area contributed by atoms with Crippen molar-refractivity contribution in [2.45, 2.75) is 37.9 Å². The minimum atomic E-state index is -0.997. The molecule has 1 aliphatic rings. The zero-order valence-corrected chi connectivity index (χ0v) is 7.73. The second-order valence-corrected chi connectivity index (χ2v) is 3.44. The first-order valence-electron chi connectivity index (χ1n) is 4.11. The lowest BCUT2D eigenvalue weighted by Crippen LogP contribution is -2.37. The number of terminal acetylenes is 1. The van der Waals surface area contributed by atoms with Gasteiger partial charge in [-0.2, -0.15) is 0 Å². The Hall–Kier alpha value is -0.600. The van der Waals surface area contributed by atoms with Crippen LogP contribution < -0.4 is 0 Å². The van der Waals surface area contributed by atoms with E-state index in [1.165, 1.54) is 0 Å². The van der Waals surface area contributed by atoms with E-state index < -0.39 is 24.1 Å². The zero-order chi connectivity index (χ0) is 10.1. The van der Waals surface area contributed by atoms with Crippen molar-refractivity contribution < 1.29 is 19.7 Å². The van der Waals surface area contributed by atoms with E-state index in [2.05, 4.69) is 5.92 Å². The minimum Gasteiger partial charge on any atom is -0.394 e. The van der Waals surface area contributed by atoms with Crippen LogP contribution in [0.5, 0.6) is 0 Å². The Morgan fingerprint density at radius 3 is 2.62 bits per heavy atom. The number of rotatable bonds is 2. The molecule has 1 aliphatic heterocycles. The molecule has 13 heavy (non-hydrogen) atoms. The average molecular weight is 186 g/mol. The predicted octanol–water partition coefficient (Wildman–Crippen LogP) is -0.507. The van der Waals surface area contributed by atoms with Crippen LogP contribution in [0.15, 0.2) is 0 Å². The third-order valence-corrected chi connectivity index (χ3v) is 1.86. The molecule has 0 saturated carbocycles. The van der Waals surface area contributed by atoms with Crippen LogP contribution in [0.2, 0.25) is 0 Å². The molecule has 1 fully saturated rings. The minimum absolute atomic E-state index is 0.387. The van der Waals surface area contributed by atoms with Gasteiger partial charge in [0.2, 0.25) is 0 Å². The lowest BCUT2D eigenvalue weighted by atomic mass is 10.1. The van der Waals surface area contributed by atoms with Crippen LogP contribution in [-0.4, -0.2) is 40.9 Å². The van der Waals surface area contributed by atoms with E-state index in [1.54, 1.807) is 13.8 Å². The highest BCUT2D eigenvalue weighted by Crippen LogP contribution is 2.29. The lowest BCUT2D eigenvalue weighted by Gasteiger charge is -2.18. The van der Waals surface area contributed by atoms with Crippen molar-refractivity contribution in [2.75, 3.05) is 6.61 Å². The van der Waals surface area contributed by atoms with Crippen molar-refractivity contribution in [3.05, 3.63) is 0 Å². The summed E-state index contributed by atoms with van der Waals surface area (Å²) >= 11 is 0. The normalized spacial score (nSPS) is 34.1. The molecule has 1 rings (SSSR count). The molecule has 0 aromatic carbocycles. The molecule has 0 aromatic heterocycles. The fraction of sp³-hybridized carbons (Fsp3) is 0.778. The smallest absolute Gasteiger partial charge is 0.165 e. The Labute approximate surface area is 77.5 Å². The molecule has 0 radical (unpaired) electrons. The van der Waals surface area contributed by atoms with Crippen molar-refractivity contribution in [1.29, 1.82) is 0 Å². The topological polar surface area (TPSA) is 58.9 Å². The number of hydrogen-bond donors (Lipinski definition) is 2. The summed E-state index contributed by atoms with van der Waals surface area (Å²) in [4.78, 5) is 0. The highest BCUT2D eigenvalue weighted by Gasteiger charge is 2.43. The molecule has 4 nitrogen and oxygen atoms in total. The van der Waals surface area contributed by atoms with Crippen LogP contribution >= 0.6 is 0 Å². The van der Waals surface area contributed by atoms with Gasteiger partial charge in [0.25, 0.3) is 0 Å². The molecule has 1 saturated heterocycles. The number of hydrogen-bond acceptors (Lipinski definition) is 4. The van der Waals surface area contributed by atoms with Crippen molar-refractivity contribution in [1.82, 2.24) is 0 Å². The summed E-state index contributed by atoms with van der Waals surface area (Å²) < 4.78 is 10.6. The summed E-state index contributed by atoms with van der Waals surface area (Å²) in [7, 11) is 0. The number of ether oxygens (including phenoxy) is 2. The van der Waals surface area contributed by atoms with E-state index >= 15 is 0 Å². The van der Waals surface area contributed by atoms with E-state index in [4.69, 9.17) is 21.0 Å². The van der Waals surface area contributed by atoms with Gasteiger partial charge in [-0.1, -0.05) is 5.92 Å². The third kappa shape index (κ3) is 2.20. The van der Waals surface area contributed by atoms with Gasteiger partial charge >= 0.3 is 0 Å². The molecule has 2 N–H and O–H groups in total. The summed E-state index contributed by atoms with van der Waals surface area (Å²) in [6, 6.07) is 0. The molecule has 0 aromatic rings. The Balaban J connectivity index is 2.70. The van der Waals surface area contributed by atoms with E-state index in [0.29, 0.717) is 0 Å². The summed E-state index contributed by atoms with van der Waals surface area (Å²) in [5.41, 5.74) is 0. The number of aliphatic hydroxyl groups is 2. The van der Waals surface area contributed by atoms with Gasteiger partial charge in [0, 0.05) is 0 Å². The molecule has 0 spiro atoms. The van der Waals surface area contributed by atoms with E-state index in [-0.39, 0.29) is 6.61 Å². The maximum absolute atomic E-state index is 9.34. The summed E-state index contributed by atoms with van der Waals surface area (Å²) in [5, 5.41) is 18.1. The molecule has 3 atom stereocenters. The third-order valence-electron chi connectivity index (χ3n) is 1.86. The molecule has 2 unspecified atom stereocenters. The molecule has 1 heterocycles. The van der Waals surface area contributed by atoms with Crippen molar-refractivity contribution in [2.24, 2.45) is 0 Å². The molecular weight excluding hydrogens is 172 g/mol. The van der Waals surface area contributed by atoms with Gasteiger partial charge in [0.05, 0.1) is 6.61 Å². The van der Waals surface area contributed by atoms with Gasteiger partial charge < -0.3 is 19.7 Å². The van der Waals surface area contributed by atoms with Gasteiger partial charge in [-0.05, 0) is 13.8 Å². The quantitative estimate of drug-likeness (QED) is 0.570. The van der Waals surface area contributed by atoms with Crippen LogP contribution in [0.4, 0.5) is 0 Å². The predicted molar refractivity (Wildman–Crippen MR) is 45.8 cm³/mol. The van der Waals surface area contributed by atoms with Gasteiger partial charge in [-0.15, -0.1) is 6.42 Å². The summed E-state index contributed by atoms with van der Waals surface area (Å²) in [6.45, 7) is 3.03. The monoisotopic (exact) mass is 186 g/mol. The summed E-state index contributed by atoms with van der Waals surface area (Å²) in [6.07, 6.45) is 2.94. The SMILES string of the molecule is C#CC1OC(C)(C)O[C@@H]1C(O)CO. The van der Waals surface area contributed by atoms with Crippen LogP contribution in [0, 0.1) is 12.3 Å². The van der Waals surface area contributed by atoms with Crippen molar-refractivity contribution >= 4 is 0 Å². The lowest BCUT2D eigenvalue weighted by molar-refractivity contribution is -0.155. The maximum Gasteiger partial charge on any atom is 0.165 e. The fourth-order valence-corrected chi connectivity index (χ4v) is 1.30. The Morgan fingerprint density at radius 1 is 1.54 bits per heavy atom. The highest BCUT2D eigenvalue weighted by molar-refractivity contribution is 5.04. The van der Waals surface area contributed by atoms with Crippen LogP contribution in [0.1, 0.15) is 13.8 Å². The zero-order valence-electron chi connectivity index (χ0n) is 7.73. The molecule has 4 heteroatoms. The van der Waals surface area contributed by atoms with Crippen LogP contribution in [-0.2, 0) is 9.47 Å². The van der Waals surface area contributed by atoms with E-state index in [9.17, 15) is 5.11 Å². The first-order chi connectivity index (χ1) is 6.00. The highest BCUT2D eigenvalue weighted by atomic mass is 16.8. The number of aliphatic hydroxyl groups excluding tert-OH is 2. The van der Waals surface area contributed by atoms with E-state index in [0.717, 1.165) is 0 Å². The van der Waals surface area contributed by atoms with Gasteiger partial charge in [-0.25, -0.2) is 0 Å². The van der Waals surface area contributed by atoms with Gasteiger partial charge in [-0.3, -0.25) is 0 Å². The van der Waals surface area contributed by atoms with Gasteiger partial charge in [0.15, 0.2) is 5.79 Å². The molecule has 0 aliphatic carbocycles. The first kappa shape index (κ1) is 10.5. The fourth-order valence-electron chi connectivity index (χ4n) is 1.30. The Bertz CT molecular complexity index is 218. The average Bonchev–Trinajstić information content (AvgIpc) is 2.39. The largest absolute Gasteiger partial charge is 0.394 e. The standard InChI is InChI=1S/C9H14O4/c1-4-7-8(6(11)5-10)13-9(2,3)12-7/h1,6-8,10-11H,5H2,2-3H3/t6?,7?,8-/m1/s1. The molecule has 74 valence electrons. The second-order valence-electron chi connectivity index (χ2n) is 3.44. The first-order valence-corrected chi connectivity index (χ1v) is 4.11. The maximum atomic E-state index is 9.34. The Kier molecular flexibility index (Phi) is 2.94. The van der Waals surface area contributed by atoms with Gasteiger partial charge in [0.1, 0.15) is 18.3 Å². The van der Waals surface area contributed by atoms with Crippen LogP contribution in [0.3, 0.4) is 0 Å². The van der Waals surface area contributed by atoms with Crippen LogP contribution in [0.25, 0.3) is 0 Å². The van der Waals surface area contributed by atoms with Crippen molar-refractivity contribution in [3.63, 3.8) is 0 Å². The molecular formula is C9H14O4. The summed E-state index contributed by atoms with van der Waals surface area (Å²) in [5.74, 6) is 1.57. The van der Waals surface area contributed by atoms with Crippen molar-refractivity contribution in [3.8, 4) is 12.3 Å². The molecule has 0 bridgehead atoms. The van der Waals surface area contributed by atoms with E-state index in [1.807, 2.05) is 0 Å². The molecule has 0 amide bonds. The second kappa shape index (κ2) is 3.64. The Morgan fingerprint density at radius 2 is 2.15 bits per heavy atom.